The van der Waals surface area contributed by atoms with E-state index in [1.165, 1.54) is 34.4 Å². The van der Waals surface area contributed by atoms with Crippen molar-refractivity contribution in [3.05, 3.63) is 319 Å². The third-order valence-corrected chi connectivity index (χ3v) is 21.8. The number of benzene rings is 5. The Balaban J connectivity index is 0.000000122. The van der Waals surface area contributed by atoms with Crippen molar-refractivity contribution < 1.29 is 51.6 Å². The number of morpholine rings is 1. The van der Waals surface area contributed by atoms with Crippen LogP contribution in [0.3, 0.4) is 0 Å². The lowest BCUT2D eigenvalue weighted by molar-refractivity contribution is 0.0298. The van der Waals surface area contributed by atoms with Crippen LogP contribution < -0.4 is 14.2 Å². The van der Waals surface area contributed by atoms with Gasteiger partial charge in [-0.05, 0) is 197 Å². The van der Waals surface area contributed by atoms with Crippen molar-refractivity contribution in [3.63, 3.8) is 0 Å². The van der Waals surface area contributed by atoms with Crippen molar-refractivity contribution in [2.24, 2.45) is 0 Å². The van der Waals surface area contributed by atoms with Crippen molar-refractivity contribution in [2.75, 3.05) is 80.9 Å². The van der Waals surface area contributed by atoms with Crippen molar-refractivity contribution in [1.29, 1.82) is 0 Å². The van der Waals surface area contributed by atoms with Crippen molar-refractivity contribution in [2.45, 2.75) is 27.7 Å². The van der Waals surface area contributed by atoms with Gasteiger partial charge in [-0.3, -0.25) is 47.1 Å². The number of ether oxygens (including phenoxy) is 4. The van der Waals surface area contributed by atoms with E-state index in [1.54, 1.807) is 127 Å². The zero-order valence-corrected chi connectivity index (χ0v) is 68.6. The van der Waals surface area contributed by atoms with Crippen molar-refractivity contribution in [1.82, 2.24) is 72.2 Å². The lowest BCUT2D eigenvalue weighted by Crippen LogP contribution is -2.47. The number of carbonyl (C=O) groups is 3. The summed E-state index contributed by atoms with van der Waals surface area (Å²) >= 11 is 0. The molecular formula is C97H84F3N15O8. The number of amides is 2. The minimum Gasteiger partial charge on any atom is -0.493 e. The molecule has 2 amide bonds. The molecule has 2 saturated heterocycles. The van der Waals surface area contributed by atoms with E-state index in [9.17, 15) is 32.7 Å². The first-order chi connectivity index (χ1) is 59.8. The summed E-state index contributed by atoms with van der Waals surface area (Å²) in [7, 11) is 6.89. The zero-order chi connectivity index (χ0) is 85.5. The monoisotopic (exact) mass is 1640 g/mol. The van der Waals surface area contributed by atoms with E-state index in [-0.39, 0.29) is 35.0 Å². The molecule has 0 spiro atoms. The third kappa shape index (κ3) is 17.2. The van der Waals surface area contributed by atoms with Gasteiger partial charge >= 0.3 is 5.97 Å². The number of carboxylic acids is 1. The molecule has 12 aromatic heterocycles. The quantitative estimate of drug-likeness (QED) is 0.100. The molecule has 1 N–H and O–H groups in total. The molecule has 2 fully saturated rings. The second kappa shape index (κ2) is 35.9. The Bertz CT molecular complexity index is 6820. The highest BCUT2D eigenvalue weighted by atomic mass is 19.1. The Morgan fingerprint density at radius 3 is 1.11 bits per heavy atom. The SMILES string of the molecule is COc1cc(-c2cnc3ccc(-c4cccnc4-c4cccc(C)c4)cn23)cc(OC)c1OC.Cc1cc(-c2ncccc2-c2ccc3ncc(C(=O)N4CCN(C)CC4)n3c2)ccc1F.Cc1cc(-c2ncccc2-c2ccc3ncc(C(=O)N4CCOCC4)n3c2)ccc1F.Cc1cc(-c2ncccc2-c2ccc3ncc(C(=O)O)n3c2)ccc1F. The Hall–Kier alpha value is -15.0. The van der Waals surface area contributed by atoms with Crippen molar-refractivity contribution in [3.8, 4) is 118 Å². The van der Waals surface area contributed by atoms with E-state index in [2.05, 4.69) is 101 Å². The number of methoxy groups -OCH3 is 3. The van der Waals surface area contributed by atoms with Gasteiger partial charge in [-0.25, -0.2) is 37.9 Å². The molecule has 23 nitrogen and oxygen atoms in total. The number of aromatic nitrogens is 12. The third-order valence-electron chi connectivity index (χ3n) is 21.8. The normalized spacial score (nSPS) is 12.8. The van der Waals surface area contributed by atoms with Gasteiger partial charge in [-0.15, -0.1) is 0 Å². The summed E-state index contributed by atoms with van der Waals surface area (Å²) < 4.78 is 70.4. The molecule has 0 unspecified atom stereocenters. The average molecular weight is 1640 g/mol. The van der Waals surface area contributed by atoms with Gasteiger partial charge in [0, 0.05) is 161 Å². The van der Waals surface area contributed by atoms with E-state index in [4.69, 9.17) is 23.9 Å². The molecule has 123 heavy (non-hydrogen) atoms. The number of piperazine rings is 1. The maximum atomic E-state index is 13.8. The van der Waals surface area contributed by atoms with Gasteiger partial charge in [0.1, 0.15) is 51.4 Å². The van der Waals surface area contributed by atoms with Crippen LogP contribution in [-0.2, 0) is 4.74 Å². The second-order valence-electron chi connectivity index (χ2n) is 29.7. The minimum absolute atomic E-state index is 0.0108. The number of aromatic carboxylic acids is 1. The summed E-state index contributed by atoms with van der Waals surface area (Å²) in [5, 5.41) is 9.31. The van der Waals surface area contributed by atoms with Crippen LogP contribution in [0, 0.1) is 45.1 Å². The van der Waals surface area contributed by atoms with Gasteiger partial charge in [0.25, 0.3) is 11.8 Å². The van der Waals surface area contributed by atoms with Gasteiger partial charge < -0.3 is 38.8 Å². The number of fused-ring (bicyclic) bond motifs is 4. The highest BCUT2D eigenvalue weighted by Gasteiger charge is 2.27. The zero-order valence-electron chi connectivity index (χ0n) is 68.6. The Morgan fingerprint density at radius 1 is 0.366 bits per heavy atom. The Morgan fingerprint density at radius 2 is 0.724 bits per heavy atom. The maximum Gasteiger partial charge on any atom is 0.354 e. The van der Waals surface area contributed by atoms with Crippen molar-refractivity contribution >= 4 is 40.4 Å². The molecule has 14 heterocycles. The predicted molar refractivity (Wildman–Crippen MR) is 466 cm³/mol. The van der Waals surface area contributed by atoms with E-state index >= 15 is 0 Å². The number of nitrogens with zero attached hydrogens (tertiary/aromatic N) is 15. The smallest absolute Gasteiger partial charge is 0.354 e. The molecule has 0 radical (unpaired) electrons. The second-order valence-corrected chi connectivity index (χ2v) is 29.7. The molecule has 0 aliphatic carbocycles. The van der Waals surface area contributed by atoms with Crippen LogP contribution in [0.15, 0.2) is 262 Å². The van der Waals surface area contributed by atoms with Crippen LogP contribution in [-0.4, -0.2) is 176 Å². The van der Waals surface area contributed by atoms with Gasteiger partial charge in [-0.2, -0.15) is 0 Å². The first kappa shape index (κ1) is 81.7. The summed E-state index contributed by atoms with van der Waals surface area (Å²) in [6.07, 6.45) is 21.1. The number of hydrogen-bond donors (Lipinski definition) is 1. The molecule has 19 rings (SSSR count). The maximum absolute atomic E-state index is 13.8. The summed E-state index contributed by atoms with van der Waals surface area (Å²) in [6.45, 7) is 12.7. The molecule has 2 aliphatic rings. The van der Waals surface area contributed by atoms with Crippen LogP contribution in [0.2, 0.25) is 0 Å². The molecule has 616 valence electrons. The van der Waals surface area contributed by atoms with E-state index in [0.29, 0.717) is 107 Å². The van der Waals surface area contributed by atoms with Crippen LogP contribution in [0.1, 0.15) is 53.7 Å². The number of imidazole rings is 4. The van der Waals surface area contributed by atoms with Gasteiger partial charge in [0.2, 0.25) is 5.75 Å². The first-order valence-electron chi connectivity index (χ1n) is 39.7. The Kier molecular flexibility index (Phi) is 23.8. The predicted octanol–water partition coefficient (Wildman–Crippen LogP) is 18.2. The number of rotatable bonds is 15. The molecular weight excluding hydrogens is 1560 g/mol. The number of likely N-dealkylation sites (N-methyl/N-ethyl adjacent to an activating group) is 1. The summed E-state index contributed by atoms with van der Waals surface area (Å²) in [5.74, 6) is -0.120. The molecule has 0 saturated carbocycles. The van der Waals surface area contributed by atoms with E-state index in [0.717, 1.165) is 114 Å². The molecule has 0 atom stereocenters. The van der Waals surface area contributed by atoms with Gasteiger partial charge in [-0.1, -0.05) is 48.0 Å². The fourth-order valence-electron chi connectivity index (χ4n) is 15.2. The van der Waals surface area contributed by atoms with Crippen LogP contribution >= 0.6 is 0 Å². The van der Waals surface area contributed by atoms with Crippen LogP contribution in [0.25, 0.3) is 123 Å². The van der Waals surface area contributed by atoms with Crippen LogP contribution in [0.5, 0.6) is 17.2 Å². The first-order valence-corrected chi connectivity index (χ1v) is 39.7. The molecule has 0 bridgehead atoms. The minimum atomic E-state index is -1.05. The fraction of sp³-hybridized carbons (Fsp3) is 0.165. The molecule has 2 aliphatic heterocycles. The summed E-state index contributed by atoms with van der Waals surface area (Å²) in [4.78, 5) is 79.3. The largest absolute Gasteiger partial charge is 0.493 e. The van der Waals surface area contributed by atoms with Gasteiger partial charge in [0.15, 0.2) is 17.2 Å². The number of pyridine rings is 8. The number of hydrogen-bond acceptors (Lipinski definition) is 16. The standard InChI is InChI=1S/C28H25N3O3.C25H24FN5O.C24H21FN4O2.C20H14FN3O2/c1-18-7-5-8-19(13-18)27-22(9-6-12-29-27)20-10-11-26-30-16-23(31(26)17-20)21-14-24(32-2)28(34-4)25(15-21)33-3;1-17-14-18(5-7-21(17)26)24-20(4-3-9-27-24)19-6-8-23-28-15-22(31(23)16-19)25(32)30-12-10-29(2)11-13-30;1-16-13-17(4-6-20(16)25)23-19(3-2-8-26-23)18-5-7-22-27-14-21(29(22)15-18)24(30)28-9-11-31-12-10-28;1-12-9-13(4-6-16(12)21)19-15(3-2-8-22-19)14-5-7-18-23-10-17(20(25)26)24(18)11-14/h5-17H,1-4H3;3-9,14-16H,10-13H2,1-2H3;2-8,13-15H,9-12H2,1H3;2-11H,1H3,(H,25,26). The molecule has 5 aromatic carbocycles. The fourth-order valence-corrected chi connectivity index (χ4v) is 15.2. The number of halogens is 3. The molecule has 26 heteroatoms. The van der Waals surface area contributed by atoms with Crippen LogP contribution in [0.4, 0.5) is 13.2 Å². The van der Waals surface area contributed by atoms with Gasteiger partial charge in [0.05, 0.1) is 87.8 Å². The number of aryl methyl sites for hydroxylation is 4. The average Bonchev–Trinajstić information content (AvgIpc) is 1.68. The number of carbonyl (C=O) groups excluding carboxylic acids is 2. The van der Waals surface area contributed by atoms with E-state index in [1.807, 2.05) is 129 Å². The lowest BCUT2D eigenvalue weighted by Gasteiger charge is -2.32. The summed E-state index contributed by atoms with van der Waals surface area (Å²) in [5.41, 5.74) is 22.7. The highest BCUT2D eigenvalue weighted by molar-refractivity contribution is 5.95. The molecule has 17 aromatic rings. The Labute approximate surface area is 706 Å². The summed E-state index contributed by atoms with van der Waals surface area (Å²) in [6, 6.07) is 58.1. The highest BCUT2D eigenvalue weighted by Crippen LogP contribution is 2.43. The lowest BCUT2D eigenvalue weighted by atomic mass is 9.99. The van der Waals surface area contributed by atoms with E-state index < -0.39 is 5.97 Å². The number of carboxylic acid groups (broad SMARTS) is 1. The topological polar surface area (TPSA) is 239 Å².